The van der Waals surface area contributed by atoms with Gasteiger partial charge in [0.2, 0.25) is 9.84 Å². The summed E-state index contributed by atoms with van der Waals surface area (Å²) < 4.78 is 52.3. The number of rotatable bonds is 5. The Labute approximate surface area is 110 Å². The third-order valence-corrected chi connectivity index (χ3v) is 4.43. The van der Waals surface area contributed by atoms with Gasteiger partial charge < -0.3 is 10.1 Å². The van der Waals surface area contributed by atoms with Gasteiger partial charge in [0.1, 0.15) is 0 Å². The molecule has 1 aromatic carbocycles. The number of anilines is 1. The zero-order chi connectivity index (χ0) is 13.9. The molecule has 19 heavy (non-hydrogen) atoms. The molecule has 1 N–H and O–H groups in total. The van der Waals surface area contributed by atoms with Crippen molar-refractivity contribution >= 4 is 15.5 Å². The molecular weight excluding hydrogens is 276 g/mol. The highest BCUT2D eigenvalue weighted by Gasteiger charge is 2.26. The van der Waals surface area contributed by atoms with Crippen molar-refractivity contribution in [3.63, 3.8) is 0 Å². The Hall–Kier alpha value is -1.21. The molecule has 0 saturated carbocycles. The van der Waals surface area contributed by atoms with Crippen LogP contribution < -0.4 is 5.32 Å². The Balaban J connectivity index is 1.98. The lowest BCUT2D eigenvalue weighted by molar-refractivity contribution is 0.187. The minimum absolute atomic E-state index is 0.364. The monoisotopic (exact) mass is 291 g/mol. The molecule has 1 unspecified atom stereocenters. The van der Waals surface area contributed by atoms with Crippen molar-refractivity contribution < 1.29 is 21.9 Å². The molecule has 1 aliphatic heterocycles. The van der Waals surface area contributed by atoms with E-state index in [2.05, 4.69) is 5.32 Å². The average Bonchev–Trinajstić information content (AvgIpc) is 2.90. The van der Waals surface area contributed by atoms with Crippen LogP contribution in [0.2, 0.25) is 0 Å². The van der Waals surface area contributed by atoms with Crippen molar-refractivity contribution in [2.75, 3.05) is 25.1 Å². The number of sulfone groups is 1. The van der Waals surface area contributed by atoms with E-state index >= 15 is 0 Å². The summed E-state index contributed by atoms with van der Waals surface area (Å²) in [4.78, 5) is -0.364. The van der Waals surface area contributed by atoms with Gasteiger partial charge >= 0.3 is 5.76 Å². The number of halogens is 2. The summed E-state index contributed by atoms with van der Waals surface area (Å²) in [5.74, 6) is -2.95. The van der Waals surface area contributed by atoms with Gasteiger partial charge in [-0.3, -0.25) is 0 Å². The summed E-state index contributed by atoms with van der Waals surface area (Å²) in [6.07, 6.45) is 0.991. The third kappa shape index (κ3) is 3.42. The maximum atomic E-state index is 12.3. The summed E-state index contributed by atoms with van der Waals surface area (Å²) in [5.41, 5.74) is 0.708. The zero-order valence-corrected chi connectivity index (χ0v) is 11.0. The minimum Gasteiger partial charge on any atom is -0.385 e. The van der Waals surface area contributed by atoms with Crippen molar-refractivity contribution in [1.82, 2.24) is 0 Å². The van der Waals surface area contributed by atoms with Gasteiger partial charge in [-0.25, -0.2) is 8.42 Å². The van der Waals surface area contributed by atoms with Gasteiger partial charge in [-0.1, -0.05) is 0 Å². The first-order valence-corrected chi connectivity index (χ1v) is 7.48. The molecule has 0 aliphatic carbocycles. The molecule has 0 radical (unpaired) electrons. The topological polar surface area (TPSA) is 55.4 Å². The van der Waals surface area contributed by atoms with E-state index in [1.807, 2.05) is 0 Å². The molecule has 1 aromatic rings. The van der Waals surface area contributed by atoms with E-state index < -0.39 is 15.6 Å². The van der Waals surface area contributed by atoms with Crippen molar-refractivity contribution in [3.05, 3.63) is 24.3 Å². The van der Waals surface area contributed by atoms with Gasteiger partial charge in [0.25, 0.3) is 0 Å². The van der Waals surface area contributed by atoms with Gasteiger partial charge in [-0.2, -0.15) is 8.78 Å². The molecule has 0 bridgehead atoms. The van der Waals surface area contributed by atoms with Gasteiger partial charge in [-0.05, 0) is 30.7 Å². The number of ether oxygens (including phenoxy) is 1. The highest BCUT2D eigenvalue weighted by molar-refractivity contribution is 7.91. The Kier molecular flexibility index (Phi) is 4.36. The van der Waals surface area contributed by atoms with E-state index in [-0.39, 0.29) is 4.90 Å². The highest BCUT2D eigenvalue weighted by Crippen LogP contribution is 2.21. The highest BCUT2D eigenvalue weighted by atomic mass is 32.2. The number of hydrogen-bond acceptors (Lipinski definition) is 4. The minimum atomic E-state index is -4.51. The Morgan fingerprint density at radius 3 is 2.53 bits per heavy atom. The number of benzene rings is 1. The largest absolute Gasteiger partial charge is 0.385 e. The fraction of sp³-hybridized carbons (Fsp3) is 0.500. The van der Waals surface area contributed by atoms with Gasteiger partial charge in [0, 0.05) is 24.8 Å². The second kappa shape index (κ2) is 5.83. The lowest BCUT2D eigenvalue weighted by atomic mass is 10.1. The van der Waals surface area contributed by atoms with E-state index in [0.29, 0.717) is 18.2 Å². The molecule has 1 atom stereocenters. The lowest BCUT2D eigenvalue weighted by Crippen LogP contribution is -2.14. The molecule has 7 heteroatoms. The van der Waals surface area contributed by atoms with E-state index in [1.54, 1.807) is 0 Å². The molecule has 1 aliphatic rings. The average molecular weight is 291 g/mol. The predicted octanol–water partition coefficient (Wildman–Crippen LogP) is 2.13. The van der Waals surface area contributed by atoms with Gasteiger partial charge in [0.05, 0.1) is 11.5 Å². The van der Waals surface area contributed by atoms with Crippen LogP contribution in [0.5, 0.6) is 0 Å². The maximum absolute atomic E-state index is 12.3. The maximum Gasteiger partial charge on any atom is 0.341 e. The second-order valence-corrected chi connectivity index (χ2v) is 6.36. The standard InChI is InChI=1S/C12H15F2NO3S/c13-12(14)19(16,17)11-3-1-10(2-4-11)15-7-9-5-6-18-8-9/h1-4,9,12,15H,5-8H2. The molecule has 4 nitrogen and oxygen atoms in total. The second-order valence-electron chi connectivity index (χ2n) is 4.44. The first-order chi connectivity index (χ1) is 9.00. The SMILES string of the molecule is O=S(=O)(c1ccc(NCC2CCOC2)cc1)C(F)F. The first kappa shape index (κ1) is 14.2. The summed E-state index contributed by atoms with van der Waals surface area (Å²) >= 11 is 0. The molecule has 1 heterocycles. The summed E-state index contributed by atoms with van der Waals surface area (Å²) in [6, 6.07) is 5.36. The number of alkyl halides is 2. The fourth-order valence-electron chi connectivity index (χ4n) is 1.87. The Bertz CT molecular complexity index is 510. The van der Waals surface area contributed by atoms with Crippen molar-refractivity contribution in [2.45, 2.75) is 17.1 Å². The van der Waals surface area contributed by atoms with Crippen molar-refractivity contribution in [2.24, 2.45) is 5.92 Å². The summed E-state index contributed by atoms with van der Waals surface area (Å²) in [6.45, 7) is 2.20. The van der Waals surface area contributed by atoms with Crippen LogP contribution in [0.25, 0.3) is 0 Å². The number of nitrogens with one attached hydrogen (secondary N) is 1. The zero-order valence-electron chi connectivity index (χ0n) is 10.2. The molecule has 1 fully saturated rings. The molecule has 106 valence electrons. The normalized spacial score (nSPS) is 19.8. The van der Waals surface area contributed by atoms with Crippen LogP contribution in [0.1, 0.15) is 6.42 Å². The molecule has 0 amide bonds. The first-order valence-electron chi connectivity index (χ1n) is 5.94. The summed E-state index contributed by atoms with van der Waals surface area (Å²) in [5, 5.41) is 3.13. The van der Waals surface area contributed by atoms with Crippen LogP contribution in [0.4, 0.5) is 14.5 Å². The molecule has 0 aromatic heterocycles. The van der Waals surface area contributed by atoms with E-state index in [0.717, 1.165) is 19.6 Å². The molecule has 1 saturated heterocycles. The van der Waals surface area contributed by atoms with Crippen LogP contribution in [0, 0.1) is 5.92 Å². The van der Waals surface area contributed by atoms with Crippen LogP contribution in [0.15, 0.2) is 29.2 Å². The van der Waals surface area contributed by atoms with Crippen molar-refractivity contribution in [1.29, 1.82) is 0 Å². The molecule has 2 rings (SSSR count). The quantitative estimate of drug-likeness (QED) is 0.903. The van der Waals surface area contributed by atoms with Crippen LogP contribution in [-0.2, 0) is 14.6 Å². The summed E-state index contributed by atoms with van der Waals surface area (Å²) in [7, 11) is -4.51. The lowest BCUT2D eigenvalue weighted by Gasteiger charge is -2.11. The fourth-order valence-corrected chi connectivity index (χ4v) is 2.59. The predicted molar refractivity (Wildman–Crippen MR) is 67.0 cm³/mol. The van der Waals surface area contributed by atoms with Crippen molar-refractivity contribution in [3.8, 4) is 0 Å². The Morgan fingerprint density at radius 2 is 2.00 bits per heavy atom. The third-order valence-electron chi connectivity index (χ3n) is 3.04. The number of hydrogen-bond donors (Lipinski definition) is 1. The van der Waals surface area contributed by atoms with Gasteiger partial charge in [-0.15, -0.1) is 0 Å². The van der Waals surface area contributed by atoms with Gasteiger partial charge in [0.15, 0.2) is 0 Å². The molecular formula is C12H15F2NO3S. The van der Waals surface area contributed by atoms with E-state index in [4.69, 9.17) is 4.74 Å². The van der Waals surface area contributed by atoms with Crippen LogP contribution >= 0.6 is 0 Å². The van der Waals surface area contributed by atoms with E-state index in [1.165, 1.54) is 24.3 Å². The molecule has 0 spiro atoms. The smallest absolute Gasteiger partial charge is 0.341 e. The van der Waals surface area contributed by atoms with Crippen LogP contribution in [0.3, 0.4) is 0 Å². The van der Waals surface area contributed by atoms with Crippen LogP contribution in [-0.4, -0.2) is 33.9 Å². The Morgan fingerprint density at radius 1 is 1.32 bits per heavy atom. The van der Waals surface area contributed by atoms with E-state index in [9.17, 15) is 17.2 Å².